The zero-order valence-electron chi connectivity index (χ0n) is 21.3. The Hall–Kier alpha value is -4.82. The molecular formula is C30H23ClN2O6. The Morgan fingerprint density at radius 2 is 1.51 bits per heavy atom. The van der Waals surface area contributed by atoms with Crippen molar-refractivity contribution in [3.63, 3.8) is 0 Å². The van der Waals surface area contributed by atoms with Crippen molar-refractivity contribution in [2.24, 2.45) is 0 Å². The molecule has 0 spiro atoms. The summed E-state index contributed by atoms with van der Waals surface area (Å²) >= 11 is 6.34. The summed E-state index contributed by atoms with van der Waals surface area (Å²) in [6, 6.07) is 22.8. The Morgan fingerprint density at radius 3 is 2.26 bits per heavy atom. The quantitative estimate of drug-likeness (QED) is 0.224. The zero-order chi connectivity index (χ0) is 27.5. The van der Waals surface area contributed by atoms with Gasteiger partial charge < -0.3 is 23.9 Å². The molecule has 2 heterocycles. The van der Waals surface area contributed by atoms with Gasteiger partial charge in [-0.3, -0.25) is 4.79 Å². The predicted octanol–water partition coefficient (Wildman–Crippen LogP) is 6.87. The van der Waals surface area contributed by atoms with Crippen molar-refractivity contribution in [1.29, 1.82) is 0 Å². The van der Waals surface area contributed by atoms with E-state index in [0.717, 1.165) is 5.56 Å². The number of nitrogens with one attached hydrogen (secondary N) is 1. The van der Waals surface area contributed by atoms with Crippen LogP contribution in [0.15, 0.2) is 83.3 Å². The van der Waals surface area contributed by atoms with E-state index < -0.39 is 11.9 Å². The number of rotatable bonds is 7. The van der Waals surface area contributed by atoms with Gasteiger partial charge in [-0.15, -0.1) is 0 Å². The molecule has 3 aromatic carbocycles. The van der Waals surface area contributed by atoms with E-state index in [1.807, 2.05) is 36.4 Å². The third kappa shape index (κ3) is 5.02. The number of methoxy groups -OCH3 is 3. The van der Waals surface area contributed by atoms with Crippen molar-refractivity contribution in [2.45, 2.75) is 0 Å². The number of anilines is 1. The normalized spacial score (nSPS) is 10.8. The highest BCUT2D eigenvalue weighted by Crippen LogP contribution is 2.36. The van der Waals surface area contributed by atoms with Crippen LogP contribution >= 0.6 is 11.6 Å². The molecule has 196 valence electrons. The molecule has 0 atom stereocenters. The zero-order valence-corrected chi connectivity index (χ0v) is 22.0. The summed E-state index contributed by atoms with van der Waals surface area (Å²) in [4.78, 5) is 30.9. The number of amides is 1. The van der Waals surface area contributed by atoms with E-state index in [9.17, 15) is 9.59 Å². The van der Waals surface area contributed by atoms with Gasteiger partial charge in [0.25, 0.3) is 5.91 Å². The number of nitrogens with zero attached hydrogens (tertiary/aromatic N) is 1. The number of carbonyl (C=O) groups excluding carboxylic acids is 2. The van der Waals surface area contributed by atoms with Crippen molar-refractivity contribution in [3.8, 4) is 34.3 Å². The van der Waals surface area contributed by atoms with Gasteiger partial charge in [-0.25, -0.2) is 9.78 Å². The second-order valence-corrected chi connectivity index (χ2v) is 8.82. The minimum Gasteiger partial charge on any atom is -0.493 e. The molecule has 1 amide bonds. The molecule has 0 radical (unpaired) electrons. The van der Waals surface area contributed by atoms with E-state index >= 15 is 0 Å². The molecule has 5 rings (SSSR count). The average Bonchev–Trinajstić information content (AvgIpc) is 3.46. The number of halogens is 1. The Balaban J connectivity index is 1.58. The fourth-order valence-electron chi connectivity index (χ4n) is 4.22. The molecule has 0 saturated heterocycles. The van der Waals surface area contributed by atoms with E-state index in [2.05, 4.69) is 5.32 Å². The van der Waals surface area contributed by atoms with Crippen LogP contribution in [0.4, 0.5) is 5.69 Å². The second kappa shape index (κ2) is 10.9. The van der Waals surface area contributed by atoms with Crippen molar-refractivity contribution in [3.05, 3.63) is 95.0 Å². The van der Waals surface area contributed by atoms with Gasteiger partial charge in [-0.1, -0.05) is 41.9 Å². The monoisotopic (exact) mass is 542 g/mol. The highest BCUT2D eigenvalue weighted by molar-refractivity contribution is 6.33. The van der Waals surface area contributed by atoms with Crippen LogP contribution in [0, 0.1) is 0 Å². The molecule has 0 saturated carbocycles. The average molecular weight is 543 g/mol. The summed E-state index contributed by atoms with van der Waals surface area (Å²) in [6.07, 6.45) is 0. The van der Waals surface area contributed by atoms with E-state index in [-0.39, 0.29) is 11.3 Å². The van der Waals surface area contributed by atoms with E-state index in [1.165, 1.54) is 33.5 Å². The summed E-state index contributed by atoms with van der Waals surface area (Å²) in [6.45, 7) is 0. The van der Waals surface area contributed by atoms with Gasteiger partial charge in [-0.2, -0.15) is 0 Å². The third-order valence-electron chi connectivity index (χ3n) is 6.14. The molecule has 0 aliphatic carbocycles. The first-order valence-corrected chi connectivity index (χ1v) is 12.2. The summed E-state index contributed by atoms with van der Waals surface area (Å²) in [5.41, 5.74) is 2.43. The third-order valence-corrected chi connectivity index (χ3v) is 6.47. The molecule has 0 aliphatic rings. The lowest BCUT2D eigenvalue weighted by molar-refractivity contribution is 0.0601. The van der Waals surface area contributed by atoms with Gasteiger partial charge in [0.05, 0.1) is 48.7 Å². The van der Waals surface area contributed by atoms with Gasteiger partial charge >= 0.3 is 5.97 Å². The van der Waals surface area contributed by atoms with Crippen molar-refractivity contribution in [1.82, 2.24) is 4.98 Å². The lowest BCUT2D eigenvalue weighted by Gasteiger charge is -2.15. The maximum Gasteiger partial charge on any atom is 0.340 e. The summed E-state index contributed by atoms with van der Waals surface area (Å²) in [5, 5.41) is 4.00. The Kier molecular flexibility index (Phi) is 7.21. The number of hydrogen-bond donors (Lipinski definition) is 1. The van der Waals surface area contributed by atoms with Crippen LogP contribution in [0.25, 0.3) is 33.7 Å². The number of hydrogen-bond acceptors (Lipinski definition) is 7. The number of ether oxygens (including phenoxy) is 3. The van der Waals surface area contributed by atoms with Crippen LogP contribution in [0.3, 0.4) is 0 Å². The van der Waals surface area contributed by atoms with E-state index in [1.54, 1.807) is 30.3 Å². The predicted molar refractivity (Wildman–Crippen MR) is 149 cm³/mol. The van der Waals surface area contributed by atoms with Crippen molar-refractivity contribution < 1.29 is 28.2 Å². The van der Waals surface area contributed by atoms with Gasteiger partial charge in [-0.05, 0) is 36.4 Å². The van der Waals surface area contributed by atoms with Crippen LogP contribution in [0.2, 0.25) is 5.02 Å². The minimum atomic E-state index is -0.644. The Labute approximate surface area is 229 Å². The maximum absolute atomic E-state index is 13.7. The molecule has 39 heavy (non-hydrogen) atoms. The van der Waals surface area contributed by atoms with E-state index in [4.69, 9.17) is 35.2 Å². The molecule has 0 unspecified atom stereocenters. The van der Waals surface area contributed by atoms with Crippen LogP contribution in [-0.4, -0.2) is 38.2 Å². The van der Waals surface area contributed by atoms with Crippen molar-refractivity contribution >= 4 is 40.1 Å². The molecule has 2 aromatic heterocycles. The number of fused-ring (bicyclic) bond motifs is 1. The van der Waals surface area contributed by atoms with Crippen LogP contribution in [0.5, 0.6) is 11.5 Å². The number of benzene rings is 3. The van der Waals surface area contributed by atoms with Crippen LogP contribution < -0.4 is 14.8 Å². The lowest BCUT2D eigenvalue weighted by Crippen LogP contribution is -2.16. The topological polar surface area (TPSA) is 99.9 Å². The summed E-state index contributed by atoms with van der Waals surface area (Å²) in [7, 11) is 4.17. The molecule has 0 fully saturated rings. The summed E-state index contributed by atoms with van der Waals surface area (Å²) in [5.74, 6) is 0.582. The largest absolute Gasteiger partial charge is 0.493 e. The molecular weight excluding hydrogens is 520 g/mol. The van der Waals surface area contributed by atoms with Crippen molar-refractivity contribution in [2.75, 3.05) is 26.6 Å². The second-order valence-electron chi connectivity index (χ2n) is 8.41. The molecule has 1 N–H and O–H groups in total. The fourth-order valence-corrected chi connectivity index (χ4v) is 4.45. The molecule has 0 bridgehead atoms. The van der Waals surface area contributed by atoms with Gasteiger partial charge in [0.15, 0.2) is 17.3 Å². The molecule has 9 heteroatoms. The van der Waals surface area contributed by atoms with E-state index in [0.29, 0.717) is 50.2 Å². The minimum absolute atomic E-state index is 0.109. The summed E-state index contributed by atoms with van der Waals surface area (Å²) < 4.78 is 21.7. The highest BCUT2D eigenvalue weighted by atomic mass is 35.5. The number of furan rings is 1. The van der Waals surface area contributed by atoms with Crippen LogP contribution in [-0.2, 0) is 4.74 Å². The standard InChI is InChI=1S/C30H23ClN2O6/c1-36-27-15-20(30(35)38-3)23(16-28(27)37-2)33-29(34)19-14-24(32-22-11-7-5-8-17(19)22)26-13-12-25(39-26)18-9-4-6-10-21(18)31/h4-16H,1-3H3,(H,33,34). The Morgan fingerprint density at radius 1 is 0.821 bits per heavy atom. The molecule has 5 aromatic rings. The first kappa shape index (κ1) is 25.8. The SMILES string of the molecule is COC(=O)c1cc(OC)c(OC)cc1NC(=O)c1cc(-c2ccc(-c3ccccc3Cl)o2)nc2ccccc12. The first-order chi connectivity index (χ1) is 18.9. The molecule has 0 aliphatic heterocycles. The van der Waals surface area contributed by atoms with Crippen LogP contribution in [0.1, 0.15) is 20.7 Å². The van der Waals surface area contributed by atoms with Gasteiger partial charge in [0.2, 0.25) is 0 Å². The number of para-hydroxylation sites is 1. The Bertz CT molecular complexity index is 1710. The number of aromatic nitrogens is 1. The fraction of sp³-hybridized carbons (Fsp3) is 0.100. The van der Waals surface area contributed by atoms with Gasteiger partial charge in [0.1, 0.15) is 11.5 Å². The number of carbonyl (C=O) groups is 2. The number of pyridine rings is 1. The number of esters is 1. The first-order valence-electron chi connectivity index (χ1n) is 11.8. The maximum atomic E-state index is 13.7. The molecule has 8 nitrogen and oxygen atoms in total. The lowest BCUT2D eigenvalue weighted by atomic mass is 10.1. The smallest absolute Gasteiger partial charge is 0.340 e. The highest BCUT2D eigenvalue weighted by Gasteiger charge is 2.22. The van der Waals surface area contributed by atoms with Gasteiger partial charge in [0, 0.05) is 23.1 Å².